The van der Waals surface area contributed by atoms with Gasteiger partial charge in [0.2, 0.25) is 11.9 Å². The zero-order chi connectivity index (χ0) is 21.7. The van der Waals surface area contributed by atoms with Crippen molar-refractivity contribution in [3.8, 4) is 17.2 Å². The van der Waals surface area contributed by atoms with Crippen LogP contribution in [0.2, 0.25) is 0 Å². The highest BCUT2D eigenvalue weighted by Gasteiger charge is 2.17. The molecule has 0 aliphatic carbocycles. The zero-order valence-corrected chi connectivity index (χ0v) is 17.1. The average molecular weight is 409 g/mol. The van der Waals surface area contributed by atoms with Gasteiger partial charge in [-0.15, -0.1) is 0 Å². The summed E-state index contributed by atoms with van der Waals surface area (Å²) in [5.41, 5.74) is 2.37. The minimum Gasteiger partial charge on any atom is -0.465 e. The first-order chi connectivity index (χ1) is 14.4. The van der Waals surface area contributed by atoms with Crippen LogP contribution >= 0.6 is 0 Å². The Morgan fingerprint density at radius 2 is 1.87 bits per heavy atom. The van der Waals surface area contributed by atoms with Crippen molar-refractivity contribution >= 4 is 11.9 Å². The fraction of sp³-hybridized carbons (Fsp3) is 0.286. The van der Waals surface area contributed by atoms with Crippen LogP contribution in [0.5, 0.6) is 0 Å². The fourth-order valence-corrected chi connectivity index (χ4v) is 2.97. The van der Waals surface area contributed by atoms with Crippen molar-refractivity contribution in [1.82, 2.24) is 24.6 Å². The van der Waals surface area contributed by atoms with Crippen LogP contribution in [0, 0.1) is 13.8 Å². The summed E-state index contributed by atoms with van der Waals surface area (Å²) < 4.78 is 7.55. The second-order valence-electron chi connectivity index (χ2n) is 6.65. The van der Waals surface area contributed by atoms with Crippen LogP contribution in [0.1, 0.15) is 18.3 Å². The van der Waals surface area contributed by atoms with Gasteiger partial charge < -0.3 is 10.1 Å². The number of amides is 1. The van der Waals surface area contributed by atoms with Crippen LogP contribution in [0.4, 0.5) is 0 Å². The number of hydrogen-bond acceptors (Lipinski definition) is 6. The maximum atomic E-state index is 12.9. The minimum absolute atomic E-state index is 0.221. The van der Waals surface area contributed by atoms with Gasteiger partial charge in [-0.25, -0.2) is 9.67 Å². The standard InChI is InChI=1S/C21H23N5O4/c1-4-30-20(29)12-22-18(27)13-25-19(28)11-17(16-8-6-5-7-9-16)23-21(25)26-15(3)10-14(2)24-26/h5-11H,4,12-13H2,1-3H3,(H,22,27). The van der Waals surface area contributed by atoms with Crippen molar-refractivity contribution in [2.75, 3.05) is 13.2 Å². The van der Waals surface area contributed by atoms with Gasteiger partial charge in [-0.2, -0.15) is 5.10 Å². The molecule has 156 valence electrons. The maximum absolute atomic E-state index is 12.9. The van der Waals surface area contributed by atoms with Gasteiger partial charge in [-0.05, 0) is 26.8 Å². The molecule has 0 aliphatic heterocycles. The number of aromatic nitrogens is 4. The van der Waals surface area contributed by atoms with E-state index in [1.807, 2.05) is 50.2 Å². The van der Waals surface area contributed by atoms with E-state index in [1.165, 1.54) is 15.3 Å². The third-order valence-electron chi connectivity index (χ3n) is 4.29. The highest BCUT2D eigenvalue weighted by molar-refractivity contribution is 5.81. The topological polar surface area (TPSA) is 108 Å². The van der Waals surface area contributed by atoms with Crippen molar-refractivity contribution in [3.05, 3.63) is 64.2 Å². The number of rotatable bonds is 7. The van der Waals surface area contributed by atoms with E-state index < -0.39 is 17.4 Å². The summed E-state index contributed by atoms with van der Waals surface area (Å²) >= 11 is 0. The van der Waals surface area contributed by atoms with E-state index in [0.717, 1.165) is 17.0 Å². The van der Waals surface area contributed by atoms with Gasteiger partial charge in [0.05, 0.1) is 18.0 Å². The summed E-state index contributed by atoms with van der Waals surface area (Å²) in [5.74, 6) is -0.838. The Balaban J connectivity index is 1.99. The molecule has 0 atom stereocenters. The lowest BCUT2D eigenvalue weighted by Gasteiger charge is -2.14. The largest absolute Gasteiger partial charge is 0.465 e. The fourth-order valence-electron chi connectivity index (χ4n) is 2.97. The number of esters is 1. The Labute approximate surface area is 173 Å². The average Bonchev–Trinajstić information content (AvgIpc) is 3.06. The molecule has 0 saturated carbocycles. The normalized spacial score (nSPS) is 10.6. The Hall–Kier alpha value is -3.75. The summed E-state index contributed by atoms with van der Waals surface area (Å²) in [7, 11) is 0. The van der Waals surface area contributed by atoms with E-state index >= 15 is 0 Å². The van der Waals surface area contributed by atoms with Gasteiger partial charge in [-0.1, -0.05) is 30.3 Å². The van der Waals surface area contributed by atoms with Crippen molar-refractivity contribution in [3.63, 3.8) is 0 Å². The molecule has 3 aromatic rings. The van der Waals surface area contributed by atoms with Crippen molar-refractivity contribution in [2.24, 2.45) is 0 Å². The number of ether oxygens (including phenoxy) is 1. The second kappa shape index (κ2) is 9.17. The first-order valence-electron chi connectivity index (χ1n) is 9.52. The molecule has 1 aromatic carbocycles. The lowest BCUT2D eigenvalue weighted by atomic mass is 10.1. The van der Waals surface area contributed by atoms with Crippen molar-refractivity contribution < 1.29 is 14.3 Å². The number of carbonyl (C=O) groups is 2. The van der Waals surface area contributed by atoms with Crippen molar-refractivity contribution in [1.29, 1.82) is 0 Å². The zero-order valence-electron chi connectivity index (χ0n) is 17.1. The van der Waals surface area contributed by atoms with Crippen LogP contribution < -0.4 is 10.9 Å². The smallest absolute Gasteiger partial charge is 0.325 e. The molecule has 9 heteroatoms. The summed E-state index contributed by atoms with van der Waals surface area (Å²) in [6, 6.07) is 12.5. The number of aryl methyl sites for hydroxylation is 2. The van der Waals surface area contributed by atoms with Crippen LogP contribution in [-0.2, 0) is 20.9 Å². The molecule has 1 N–H and O–H groups in total. The van der Waals surface area contributed by atoms with Crippen LogP contribution in [0.3, 0.4) is 0 Å². The van der Waals surface area contributed by atoms with E-state index in [2.05, 4.69) is 15.4 Å². The molecule has 0 radical (unpaired) electrons. The second-order valence-corrected chi connectivity index (χ2v) is 6.65. The lowest BCUT2D eigenvalue weighted by molar-refractivity contribution is -0.143. The number of hydrogen-bond donors (Lipinski definition) is 1. The predicted octanol–water partition coefficient (Wildman–Crippen LogP) is 1.39. The molecule has 0 bridgehead atoms. The molecular weight excluding hydrogens is 386 g/mol. The van der Waals surface area contributed by atoms with E-state index in [0.29, 0.717) is 5.69 Å². The number of nitrogens with zero attached hydrogens (tertiary/aromatic N) is 4. The van der Waals surface area contributed by atoms with Crippen LogP contribution in [-0.4, -0.2) is 44.4 Å². The highest BCUT2D eigenvalue weighted by atomic mass is 16.5. The van der Waals surface area contributed by atoms with Crippen LogP contribution in [0.15, 0.2) is 47.3 Å². The molecule has 30 heavy (non-hydrogen) atoms. The maximum Gasteiger partial charge on any atom is 0.325 e. The summed E-state index contributed by atoms with van der Waals surface area (Å²) in [6.45, 7) is 4.99. The first kappa shape index (κ1) is 21.0. The van der Waals surface area contributed by atoms with Crippen molar-refractivity contribution in [2.45, 2.75) is 27.3 Å². The summed E-state index contributed by atoms with van der Waals surface area (Å²) in [5, 5.41) is 6.87. The van der Waals surface area contributed by atoms with Gasteiger partial charge in [0.25, 0.3) is 5.56 Å². The molecule has 0 unspecified atom stereocenters. The van der Waals surface area contributed by atoms with Gasteiger partial charge in [0.15, 0.2) is 0 Å². The van der Waals surface area contributed by atoms with Gasteiger partial charge in [0.1, 0.15) is 13.1 Å². The molecule has 2 heterocycles. The minimum atomic E-state index is -0.547. The van der Waals surface area contributed by atoms with Crippen LogP contribution in [0.25, 0.3) is 17.2 Å². The summed E-state index contributed by atoms with van der Waals surface area (Å²) in [4.78, 5) is 41.4. The molecule has 2 aromatic heterocycles. The monoisotopic (exact) mass is 409 g/mol. The van der Waals surface area contributed by atoms with Gasteiger partial charge in [-0.3, -0.25) is 19.0 Å². The van der Waals surface area contributed by atoms with E-state index in [-0.39, 0.29) is 25.6 Å². The third kappa shape index (κ3) is 4.80. The third-order valence-corrected chi connectivity index (χ3v) is 4.29. The number of carbonyl (C=O) groups excluding carboxylic acids is 2. The Morgan fingerprint density at radius 1 is 1.13 bits per heavy atom. The van der Waals surface area contributed by atoms with E-state index in [9.17, 15) is 14.4 Å². The molecule has 0 fully saturated rings. The molecule has 0 spiro atoms. The number of nitrogens with one attached hydrogen (secondary N) is 1. The van der Waals surface area contributed by atoms with Gasteiger partial charge >= 0.3 is 5.97 Å². The summed E-state index contributed by atoms with van der Waals surface area (Å²) in [6.07, 6.45) is 0. The predicted molar refractivity (Wildman–Crippen MR) is 110 cm³/mol. The Bertz CT molecular complexity index is 1120. The number of benzene rings is 1. The molecule has 9 nitrogen and oxygen atoms in total. The molecule has 0 saturated heterocycles. The molecule has 0 aliphatic rings. The van der Waals surface area contributed by atoms with Gasteiger partial charge in [0, 0.05) is 17.3 Å². The molecule has 3 rings (SSSR count). The molecular formula is C21H23N5O4. The highest BCUT2D eigenvalue weighted by Crippen LogP contribution is 2.17. The lowest BCUT2D eigenvalue weighted by Crippen LogP contribution is -2.37. The van der Waals surface area contributed by atoms with E-state index in [4.69, 9.17) is 4.74 Å². The first-order valence-corrected chi connectivity index (χ1v) is 9.52. The molecule has 1 amide bonds. The Morgan fingerprint density at radius 3 is 2.50 bits per heavy atom. The van der Waals surface area contributed by atoms with E-state index in [1.54, 1.807) is 6.92 Å². The Kier molecular flexibility index (Phi) is 6.41. The SMILES string of the molecule is CCOC(=O)CNC(=O)Cn1c(-n2nc(C)cc2C)nc(-c2ccccc2)cc1=O. The quantitative estimate of drug-likeness (QED) is 0.591.